The standard InChI is InChI=1S/C46H36N2S/c1-2-15-34(16-3-1)47(36-25-27-46-41(30-36)40-20-7-9-23-45(40)49-46)35-17-10-14-32(28-35)33-24-26-39-38-19-6-8-21-43(38)48(44(39)29-33)42-22-11-13-31-12-4-5-18-37(31)42/h1-21,23,25-28,30,33,42,44H,22,24,29H2. The molecule has 3 heteroatoms. The summed E-state index contributed by atoms with van der Waals surface area (Å²) in [6.45, 7) is 0. The molecule has 0 saturated heterocycles. The van der Waals surface area contributed by atoms with E-state index in [4.69, 9.17) is 0 Å². The maximum Gasteiger partial charge on any atom is 0.0589 e. The Morgan fingerprint density at radius 3 is 2.33 bits per heavy atom. The Hall–Kier alpha value is -5.38. The van der Waals surface area contributed by atoms with Gasteiger partial charge in [0.2, 0.25) is 0 Å². The van der Waals surface area contributed by atoms with E-state index in [-0.39, 0.29) is 0 Å². The zero-order valence-electron chi connectivity index (χ0n) is 27.2. The fourth-order valence-electron chi connectivity index (χ4n) is 8.69. The molecule has 3 unspecified atom stereocenters. The summed E-state index contributed by atoms with van der Waals surface area (Å²) in [6.07, 6.45) is 10.4. The number of nitrogens with zero attached hydrogens (tertiary/aromatic N) is 2. The third kappa shape index (κ3) is 4.75. The SMILES string of the molecule is C1=Cc2ccccc2C(N2c3ccccc3C3=CCC(c4cccc(N(c5ccccc5)c5ccc6sc7ccccc7c6c5)c4)CC32)C1. The van der Waals surface area contributed by atoms with Gasteiger partial charge in [-0.15, -0.1) is 11.3 Å². The lowest BCUT2D eigenvalue weighted by atomic mass is 9.80. The summed E-state index contributed by atoms with van der Waals surface area (Å²) in [7, 11) is 0. The first-order chi connectivity index (χ1) is 24.3. The smallest absolute Gasteiger partial charge is 0.0589 e. The molecule has 3 atom stereocenters. The van der Waals surface area contributed by atoms with Crippen LogP contribution in [0, 0.1) is 0 Å². The Balaban J connectivity index is 1.04. The first-order valence-corrected chi connectivity index (χ1v) is 18.3. The van der Waals surface area contributed by atoms with Crippen molar-refractivity contribution in [3.8, 4) is 0 Å². The van der Waals surface area contributed by atoms with E-state index in [0.29, 0.717) is 18.0 Å². The van der Waals surface area contributed by atoms with E-state index >= 15 is 0 Å². The third-order valence-corrected chi connectivity index (χ3v) is 12.1. The molecule has 236 valence electrons. The van der Waals surface area contributed by atoms with E-state index < -0.39 is 0 Å². The summed E-state index contributed by atoms with van der Waals surface area (Å²) in [6, 6.07) is 54.7. The van der Waals surface area contributed by atoms with Crippen molar-refractivity contribution in [1.82, 2.24) is 0 Å². The second-order valence-corrected chi connectivity index (χ2v) is 14.7. The van der Waals surface area contributed by atoms with Gasteiger partial charge in [0.25, 0.3) is 0 Å². The highest BCUT2D eigenvalue weighted by atomic mass is 32.1. The number of thiophene rings is 1. The highest BCUT2D eigenvalue weighted by Crippen LogP contribution is 2.53. The van der Waals surface area contributed by atoms with E-state index in [9.17, 15) is 0 Å². The average molecular weight is 649 g/mol. The van der Waals surface area contributed by atoms with Gasteiger partial charge in [-0.25, -0.2) is 0 Å². The van der Waals surface area contributed by atoms with Crippen LogP contribution < -0.4 is 9.80 Å². The van der Waals surface area contributed by atoms with E-state index in [1.807, 2.05) is 11.3 Å². The molecule has 0 amide bonds. The topological polar surface area (TPSA) is 6.48 Å². The van der Waals surface area contributed by atoms with E-state index in [1.54, 1.807) is 0 Å². The van der Waals surface area contributed by atoms with Gasteiger partial charge in [0.05, 0.1) is 12.1 Å². The quantitative estimate of drug-likeness (QED) is 0.183. The van der Waals surface area contributed by atoms with Gasteiger partial charge in [-0.05, 0) is 102 Å². The summed E-state index contributed by atoms with van der Waals surface area (Å²) in [5.74, 6) is 0.431. The fourth-order valence-corrected chi connectivity index (χ4v) is 9.78. The van der Waals surface area contributed by atoms with Crippen molar-refractivity contribution in [2.24, 2.45) is 0 Å². The van der Waals surface area contributed by atoms with E-state index in [2.05, 4.69) is 174 Å². The molecule has 7 aromatic rings. The Kier molecular flexibility index (Phi) is 6.80. The van der Waals surface area contributed by atoms with Crippen LogP contribution in [0.25, 0.3) is 31.8 Å². The van der Waals surface area contributed by atoms with E-state index in [1.165, 1.54) is 70.7 Å². The summed E-state index contributed by atoms with van der Waals surface area (Å²) in [4.78, 5) is 5.19. The van der Waals surface area contributed by atoms with Crippen molar-refractivity contribution in [2.45, 2.75) is 37.3 Å². The normalized spacial score (nSPS) is 19.4. The predicted molar refractivity (Wildman–Crippen MR) is 210 cm³/mol. The molecular formula is C46H36N2S. The molecule has 0 N–H and O–H groups in total. The number of allylic oxidation sites excluding steroid dienone is 1. The highest BCUT2D eigenvalue weighted by Gasteiger charge is 2.41. The molecule has 0 fully saturated rings. The van der Waals surface area contributed by atoms with Crippen molar-refractivity contribution >= 4 is 65.9 Å². The number of hydrogen-bond donors (Lipinski definition) is 0. The number of anilines is 4. The van der Waals surface area contributed by atoms with Crippen LogP contribution in [0.3, 0.4) is 0 Å². The Labute approximate surface area is 291 Å². The number of benzene rings is 6. The third-order valence-electron chi connectivity index (χ3n) is 10.9. The predicted octanol–water partition coefficient (Wildman–Crippen LogP) is 12.8. The fraction of sp³-hybridized carbons (Fsp3) is 0.130. The molecule has 0 bridgehead atoms. The summed E-state index contributed by atoms with van der Waals surface area (Å²) in [5.41, 5.74) is 12.1. The number of para-hydroxylation sites is 2. The lowest BCUT2D eigenvalue weighted by molar-refractivity contribution is 0.505. The average Bonchev–Trinajstić information content (AvgIpc) is 3.70. The lowest BCUT2D eigenvalue weighted by Gasteiger charge is -2.40. The van der Waals surface area contributed by atoms with Crippen LogP contribution >= 0.6 is 11.3 Å². The van der Waals surface area contributed by atoms with Crippen LogP contribution in [0.15, 0.2) is 158 Å². The monoisotopic (exact) mass is 648 g/mol. The number of fused-ring (bicyclic) bond motifs is 7. The summed E-state index contributed by atoms with van der Waals surface area (Å²) in [5, 5.41) is 2.65. The molecule has 2 nitrogen and oxygen atoms in total. The number of hydrogen-bond acceptors (Lipinski definition) is 3. The van der Waals surface area contributed by atoms with Crippen LogP contribution in [0.5, 0.6) is 0 Å². The van der Waals surface area contributed by atoms with Crippen LogP contribution in [0.4, 0.5) is 22.7 Å². The van der Waals surface area contributed by atoms with Crippen molar-refractivity contribution < 1.29 is 0 Å². The molecule has 0 saturated carbocycles. The van der Waals surface area contributed by atoms with Crippen LogP contribution in [0.1, 0.15) is 53.5 Å². The van der Waals surface area contributed by atoms with Gasteiger partial charge in [0.15, 0.2) is 0 Å². The minimum Gasteiger partial charge on any atom is -0.357 e. The molecule has 10 rings (SSSR count). The second-order valence-electron chi connectivity index (χ2n) is 13.6. The molecule has 0 radical (unpaired) electrons. The molecule has 2 aliphatic carbocycles. The molecule has 0 spiro atoms. The van der Waals surface area contributed by atoms with Crippen molar-refractivity contribution in [3.63, 3.8) is 0 Å². The molecule has 2 heterocycles. The summed E-state index contributed by atoms with van der Waals surface area (Å²) >= 11 is 1.87. The maximum atomic E-state index is 2.76. The van der Waals surface area contributed by atoms with Gasteiger partial charge in [0, 0.05) is 48.5 Å². The number of rotatable bonds is 5. The first-order valence-electron chi connectivity index (χ1n) is 17.5. The zero-order valence-corrected chi connectivity index (χ0v) is 28.1. The Bertz CT molecular complexity index is 2420. The van der Waals surface area contributed by atoms with Crippen molar-refractivity contribution in [1.29, 1.82) is 0 Å². The minimum absolute atomic E-state index is 0.333. The molecule has 1 aromatic heterocycles. The molecule has 1 aliphatic heterocycles. The second kappa shape index (κ2) is 11.6. The molecular weight excluding hydrogens is 613 g/mol. The maximum absolute atomic E-state index is 2.76. The molecule has 6 aromatic carbocycles. The Morgan fingerprint density at radius 2 is 1.37 bits per heavy atom. The zero-order chi connectivity index (χ0) is 32.3. The van der Waals surface area contributed by atoms with Crippen molar-refractivity contribution in [2.75, 3.05) is 9.80 Å². The van der Waals surface area contributed by atoms with Gasteiger partial charge in [0.1, 0.15) is 0 Å². The van der Waals surface area contributed by atoms with Crippen molar-refractivity contribution in [3.05, 3.63) is 180 Å². The van der Waals surface area contributed by atoms with Gasteiger partial charge in [-0.3, -0.25) is 0 Å². The minimum atomic E-state index is 0.333. The highest BCUT2D eigenvalue weighted by molar-refractivity contribution is 7.25. The van der Waals surface area contributed by atoms with Gasteiger partial charge < -0.3 is 9.80 Å². The molecule has 3 aliphatic rings. The molecule has 49 heavy (non-hydrogen) atoms. The van der Waals surface area contributed by atoms with Crippen LogP contribution in [-0.4, -0.2) is 6.04 Å². The van der Waals surface area contributed by atoms with Gasteiger partial charge in [-0.2, -0.15) is 0 Å². The Morgan fingerprint density at radius 1 is 0.592 bits per heavy atom. The van der Waals surface area contributed by atoms with Crippen LogP contribution in [-0.2, 0) is 0 Å². The first kappa shape index (κ1) is 28.6. The van der Waals surface area contributed by atoms with Gasteiger partial charge >= 0.3 is 0 Å². The summed E-state index contributed by atoms with van der Waals surface area (Å²) < 4.78 is 2.66. The van der Waals surface area contributed by atoms with Crippen LogP contribution in [0.2, 0.25) is 0 Å². The van der Waals surface area contributed by atoms with E-state index in [0.717, 1.165) is 19.3 Å². The largest absolute Gasteiger partial charge is 0.357 e. The van der Waals surface area contributed by atoms with Gasteiger partial charge in [-0.1, -0.05) is 109 Å². The lowest BCUT2D eigenvalue weighted by Crippen LogP contribution is -2.38.